The van der Waals surface area contributed by atoms with Crippen LogP contribution in [0.25, 0.3) is 0 Å². The van der Waals surface area contributed by atoms with Crippen LogP contribution in [-0.4, -0.2) is 64.2 Å². The van der Waals surface area contributed by atoms with Gasteiger partial charge in [0.15, 0.2) is 5.96 Å². The van der Waals surface area contributed by atoms with Crippen LogP contribution in [0.3, 0.4) is 0 Å². The van der Waals surface area contributed by atoms with Crippen LogP contribution < -0.4 is 15.4 Å². The Kier molecular flexibility index (Phi) is 13.2. The van der Waals surface area contributed by atoms with Crippen molar-refractivity contribution in [1.29, 1.82) is 0 Å². The lowest BCUT2D eigenvalue weighted by atomic mass is 10.2. The van der Waals surface area contributed by atoms with Gasteiger partial charge in [0, 0.05) is 38.9 Å². The van der Waals surface area contributed by atoms with E-state index >= 15 is 0 Å². The summed E-state index contributed by atoms with van der Waals surface area (Å²) in [6.45, 7) is 5.53. The molecule has 0 aliphatic rings. The molecular formula is C17H28F3IN4O2. The standard InChI is InChI=1S/C17H27F3N4O2.HI/c1-4-21-16(22-9-10-24(2)11-12-25-3)23-13-14-7-5-6-8-15(14)26-17(18,19)20;/h5-8H,4,9-13H2,1-3H3,(H2,21,22,23);1H. The first-order valence-corrected chi connectivity index (χ1v) is 8.39. The molecule has 0 saturated carbocycles. The normalized spacial score (nSPS) is 11.9. The zero-order chi connectivity index (χ0) is 19.4. The van der Waals surface area contributed by atoms with Crippen LogP contribution in [-0.2, 0) is 11.3 Å². The van der Waals surface area contributed by atoms with Crippen molar-refractivity contribution in [2.24, 2.45) is 4.99 Å². The predicted octanol–water partition coefficient (Wildman–Crippen LogP) is 2.84. The Hall–Kier alpha value is -1.27. The van der Waals surface area contributed by atoms with E-state index in [0.29, 0.717) is 31.2 Å². The van der Waals surface area contributed by atoms with Gasteiger partial charge in [-0.1, -0.05) is 18.2 Å². The molecule has 0 amide bonds. The quantitative estimate of drug-likeness (QED) is 0.292. The molecule has 0 bridgehead atoms. The number of para-hydroxylation sites is 1. The van der Waals surface area contributed by atoms with Gasteiger partial charge in [-0.2, -0.15) is 0 Å². The summed E-state index contributed by atoms with van der Waals surface area (Å²) in [4.78, 5) is 6.44. The molecule has 0 fully saturated rings. The molecule has 0 aliphatic carbocycles. The van der Waals surface area contributed by atoms with Crippen molar-refractivity contribution in [2.75, 3.05) is 46.9 Å². The van der Waals surface area contributed by atoms with Crippen LogP contribution in [0.4, 0.5) is 13.2 Å². The molecule has 156 valence electrons. The van der Waals surface area contributed by atoms with Crippen molar-refractivity contribution >= 4 is 29.9 Å². The molecule has 0 aliphatic heterocycles. The molecule has 1 rings (SSSR count). The SMILES string of the molecule is CCNC(=NCc1ccccc1OC(F)(F)F)NCCN(C)CCOC.I. The number of methoxy groups -OCH3 is 1. The first-order chi connectivity index (χ1) is 12.4. The second-order valence-electron chi connectivity index (χ2n) is 5.57. The lowest BCUT2D eigenvalue weighted by Gasteiger charge is -2.18. The van der Waals surface area contributed by atoms with Gasteiger partial charge in [0.1, 0.15) is 5.75 Å². The number of likely N-dealkylation sites (N-methyl/N-ethyl adjacent to an activating group) is 1. The van der Waals surface area contributed by atoms with Gasteiger partial charge < -0.3 is 25.0 Å². The molecule has 0 radical (unpaired) electrons. The molecular weight excluding hydrogens is 476 g/mol. The highest BCUT2D eigenvalue weighted by molar-refractivity contribution is 14.0. The summed E-state index contributed by atoms with van der Waals surface area (Å²) in [6.07, 6.45) is -4.73. The number of ether oxygens (including phenoxy) is 2. The van der Waals surface area contributed by atoms with Gasteiger partial charge in [-0.05, 0) is 20.0 Å². The second-order valence-corrected chi connectivity index (χ2v) is 5.57. The molecule has 1 aromatic carbocycles. The van der Waals surface area contributed by atoms with Crippen LogP contribution in [0.5, 0.6) is 5.75 Å². The fraction of sp³-hybridized carbons (Fsp3) is 0.588. The number of benzene rings is 1. The molecule has 0 saturated heterocycles. The van der Waals surface area contributed by atoms with E-state index in [1.165, 1.54) is 12.1 Å². The molecule has 27 heavy (non-hydrogen) atoms. The van der Waals surface area contributed by atoms with Gasteiger partial charge in [0.2, 0.25) is 0 Å². The van der Waals surface area contributed by atoms with Gasteiger partial charge in [0.25, 0.3) is 0 Å². The van der Waals surface area contributed by atoms with E-state index in [2.05, 4.69) is 25.3 Å². The van der Waals surface area contributed by atoms with Gasteiger partial charge in [-0.15, -0.1) is 37.1 Å². The van der Waals surface area contributed by atoms with Crippen LogP contribution in [0, 0.1) is 0 Å². The summed E-state index contributed by atoms with van der Waals surface area (Å²) in [5, 5.41) is 6.23. The van der Waals surface area contributed by atoms with E-state index < -0.39 is 6.36 Å². The van der Waals surface area contributed by atoms with Crippen molar-refractivity contribution in [3.05, 3.63) is 29.8 Å². The van der Waals surface area contributed by atoms with Gasteiger partial charge in [-0.25, -0.2) is 4.99 Å². The third-order valence-electron chi connectivity index (χ3n) is 3.41. The molecule has 10 heteroatoms. The number of hydrogen-bond acceptors (Lipinski definition) is 4. The van der Waals surface area contributed by atoms with Crippen molar-refractivity contribution < 1.29 is 22.6 Å². The number of nitrogens with zero attached hydrogens (tertiary/aromatic N) is 2. The van der Waals surface area contributed by atoms with Crippen molar-refractivity contribution in [3.8, 4) is 5.75 Å². The molecule has 0 heterocycles. The smallest absolute Gasteiger partial charge is 0.405 e. The topological polar surface area (TPSA) is 58.1 Å². The summed E-state index contributed by atoms with van der Waals surface area (Å²) in [7, 11) is 3.64. The lowest BCUT2D eigenvalue weighted by Crippen LogP contribution is -2.41. The van der Waals surface area contributed by atoms with Crippen molar-refractivity contribution in [1.82, 2.24) is 15.5 Å². The van der Waals surface area contributed by atoms with E-state index in [1.807, 2.05) is 14.0 Å². The maximum atomic E-state index is 12.5. The Morgan fingerprint density at radius 1 is 1.19 bits per heavy atom. The fourth-order valence-corrected chi connectivity index (χ4v) is 2.09. The van der Waals surface area contributed by atoms with E-state index in [1.54, 1.807) is 19.2 Å². The van der Waals surface area contributed by atoms with E-state index in [0.717, 1.165) is 13.1 Å². The highest BCUT2D eigenvalue weighted by atomic mass is 127. The first-order valence-electron chi connectivity index (χ1n) is 8.39. The summed E-state index contributed by atoms with van der Waals surface area (Å²) in [6, 6.07) is 5.99. The molecule has 1 aromatic rings. The second kappa shape index (κ2) is 13.8. The zero-order valence-corrected chi connectivity index (χ0v) is 18.1. The number of halogens is 4. The summed E-state index contributed by atoms with van der Waals surface area (Å²) in [5.41, 5.74) is 0.360. The van der Waals surface area contributed by atoms with Gasteiger partial charge >= 0.3 is 6.36 Å². The molecule has 2 N–H and O–H groups in total. The average molecular weight is 504 g/mol. The van der Waals surface area contributed by atoms with Gasteiger partial charge in [0.05, 0.1) is 13.2 Å². The lowest BCUT2D eigenvalue weighted by molar-refractivity contribution is -0.274. The molecule has 0 spiro atoms. The molecule has 6 nitrogen and oxygen atoms in total. The van der Waals surface area contributed by atoms with Crippen LogP contribution in [0.2, 0.25) is 0 Å². The zero-order valence-electron chi connectivity index (χ0n) is 15.8. The molecule has 0 unspecified atom stereocenters. The number of alkyl halides is 3. The fourth-order valence-electron chi connectivity index (χ4n) is 2.09. The van der Waals surface area contributed by atoms with E-state index in [4.69, 9.17) is 4.74 Å². The summed E-state index contributed by atoms with van der Waals surface area (Å²) >= 11 is 0. The Morgan fingerprint density at radius 3 is 2.52 bits per heavy atom. The van der Waals surface area contributed by atoms with Crippen LogP contribution in [0.15, 0.2) is 29.3 Å². The first kappa shape index (κ1) is 25.7. The third-order valence-corrected chi connectivity index (χ3v) is 3.41. The monoisotopic (exact) mass is 504 g/mol. The Labute approximate surface area is 175 Å². The Balaban J connectivity index is 0.00000676. The number of rotatable bonds is 10. The minimum absolute atomic E-state index is 0. The predicted molar refractivity (Wildman–Crippen MR) is 111 cm³/mol. The minimum atomic E-state index is -4.73. The third kappa shape index (κ3) is 11.9. The highest BCUT2D eigenvalue weighted by Gasteiger charge is 2.31. The largest absolute Gasteiger partial charge is 0.573 e. The van der Waals surface area contributed by atoms with E-state index in [9.17, 15) is 13.2 Å². The van der Waals surface area contributed by atoms with E-state index in [-0.39, 0.29) is 36.3 Å². The highest BCUT2D eigenvalue weighted by Crippen LogP contribution is 2.26. The van der Waals surface area contributed by atoms with Crippen molar-refractivity contribution in [2.45, 2.75) is 19.8 Å². The molecule has 0 atom stereocenters. The summed E-state index contributed by atoms with van der Waals surface area (Å²) in [5.74, 6) is 0.299. The van der Waals surface area contributed by atoms with Crippen LogP contribution >= 0.6 is 24.0 Å². The number of hydrogen-bond donors (Lipinski definition) is 2. The maximum absolute atomic E-state index is 12.5. The summed E-state index contributed by atoms with van der Waals surface area (Å²) < 4.78 is 46.5. The maximum Gasteiger partial charge on any atom is 0.573 e. The number of nitrogens with one attached hydrogen (secondary N) is 2. The van der Waals surface area contributed by atoms with Crippen LogP contribution in [0.1, 0.15) is 12.5 Å². The van der Waals surface area contributed by atoms with Crippen molar-refractivity contribution in [3.63, 3.8) is 0 Å². The Bertz CT molecular complexity index is 559. The number of aliphatic imine (C=N–C) groups is 1. The molecule has 0 aromatic heterocycles. The number of guanidine groups is 1. The van der Waals surface area contributed by atoms with Gasteiger partial charge in [-0.3, -0.25) is 0 Å². The average Bonchev–Trinajstić information content (AvgIpc) is 2.57. The Morgan fingerprint density at radius 2 is 1.89 bits per heavy atom. The minimum Gasteiger partial charge on any atom is -0.405 e.